The average Bonchev–Trinajstić information content (AvgIpc) is 2.55. The number of carboxylic acids is 2. The molecular formula is C14H17N3O9. The summed E-state index contributed by atoms with van der Waals surface area (Å²) < 4.78 is 4.68. The van der Waals surface area contributed by atoms with Crippen LogP contribution in [0, 0.1) is 5.21 Å². The molecule has 12 nitrogen and oxygen atoms in total. The van der Waals surface area contributed by atoms with Crippen molar-refractivity contribution in [2.75, 3.05) is 0 Å². The van der Waals surface area contributed by atoms with Crippen LogP contribution in [-0.4, -0.2) is 45.4 Å². The summed E-state index contributed by atoms with van der Waals surface area (Å²) in [5, 5.41) is 39.0. The van der Waals surface area contributed by atoms with Gasteiger partial charge in [0.05, 0.1) is 5.56 Å². The number of aliphatic carboxylic acids is 2. The normalized spacial score (nSPS) is 13.9. The molecule has 142 valence electrons. The van der Waals surface area contributed by atoms with Gasteiger partial charge in [0.15, 0.2) is 5.69 Å². The molecule has 7 N–H and O–H groups in total. The van der Waals surface area contributed by atoms with E-state index in [4.69, 9.17) is 16.0 Å². The number of carbonyl (C=O) groups excluding carboxylic acids is 2. The molecule has 0 aromatic heterocycles. The van der Waals surface area contributed by atoms with E-state index >= 15 is 0 Å². The van der Waals surface area contributed by atoms with E-state index in [0.29, 0.717) is 0 Å². The molecule has 0 fully saturated rings. The first-order valence-corrected chi connectivity index (χ1v) is 7.16. The molecular weight excluding hydrogens is 354 g/mol. The van der Waals surface area contributed by atoms with Crippen molar-refractivity contribution >= 4 is 29.6 Å². The lowest BCUT2D eigenvalue weighted by Gasteiger charge is -2.21. The summed E-state index contributed by atoms with van der Waals surface area (Å²) in [6.07, 6.45) is -4.05. The first-order chi connectivity index (χ1) is 12.1. The van der Waals surface area contributed by atoms with Crippen molar-refractivity contribution in [2.24, 2.45) is 5.73 Å². The third kappa shape index (κ3) is 6.01. The first kappa shape index (κ1) is 20.8. The summed E-state index contributed by atoms with van der Waals surface area (Å²) in [4.78, 5) is 45.0. The molecule has 0 aliphatic rings. The van der Waals surface area contributed by atoms with Crippen molar-refractivity contribution in [1.82, 2.24) is 5.32 Å². The minimum absolute atomic E-state index is 0.299. The number of hydrogen-bond acceptors (Lipinski definition) is 7. The molecule has 0 bridgehead atoms. The van der Waals surface area contributed by atoms with Crippen LogP contribution in [0.1, 0.15) is 24.5 Å². The monoisotopic (exact) mass is 371 g/mol. The number of para-hydroxylation sites is 1. The van der Waals surface area contributed by atoms with Crippen molar-refractivity contribution in [3.8, 4) is 0 Å². The number of hydrogen-bond donors (Lipinski definition) is 6. The fourth-order valence-corrected chi connectivity index (χ4v) is 1.99. The molecule has 2 unspecified atom stereocenters. The van der Waals surface area contributed by atoms with E-state index in [1.807, 2.05) is 5.32 Å². The van der Waals surface area contributed by atoms with Gasteiger partial charge >= 0.3 is 18.0 Å². The molecule has 12 heteroatoms. The Morgan fingerprint density at radius 2 is 1.81 bits per heavy atom. The number of benzene rings is 1. The predicted octanol–water partition coefficient (Wildman–Crippen LogP) is -1.34. The van der Waals surface area contributed by atoms with Crippen LogP contribution in [0.15, 0.2) is 24.3 Å². The number of primary amides is 1. The van der Waals surface area contributed by atoms with E-state index in [2.05, 4.69) is 4.74 Å². The number of rotatable bonds is 9. The van der Waals surface area contributed by atoms with Crippen molar-refractivity contribution in [3.63, 3.8) is 0 Å². The third-order valence-corrected chi connectivity index (χ3v) is 3.19. The average molecular weight is 371 g/mol. The summed E-state index contributed by atoms with van der Waals surface area (Å²) in [5.41, 5.74) is 4.21. The van der Waals surface area contributed by atoms with Gasteiger partial charge in [0.25, 0.3) is 0 Å². The van der Waals surface area contributed by atoms with Gasteiger partial charge in [-0.2, -0.15) is 5.23 Å². The first-order valence-electron chi connectivity index (χ1n) is 7.16. The number of alkyl carbamates (subject to hydrolysis) is 1. The number of ether oxygens (including phenoxy) is 1. The Kier molecular flexibility index (Phi) is 7.46. The van der Waals surface area contributed by atoms with Gasteiger partial charge in [-0.3, -0.25) is 4.79 Å². The van der Waals surface area contributed by atoms with Gasteiger partial charge in [0.2, 0.25) is 12.0 Å². The van der Waals surface area contributed by atoms with Crippen LogP contribution in [0.5, 0.6) is 0 Å². The van der Waals surface area contributed by atoms with Crippen LogP contribution in [0.25, 0.3) is 0 Å². The molecule has 3 atom stereocenters. The van der Waals surface area contributed by atoms with Gasteiger partial charge in [-0.15, -0.1) is 0 Å². The second-order valence-electron chi connectivity index (χ2n) is 5.06. The van der Waals surface area contributed by atoms with Gasteiger partial charge in [0.1, 0.15) is 6.04 Å². The molecule has 0 aliphatic heterocycles. The summed E-state index contributed by atoms with van der Waals surface area (Å²) in [7, 11) is 0. The Labute approximate surface area is 146 Å². The lowest BCUT2D eigenvalue weighted by atomic mass is 10.1. The van der Waals surface area contributed by atoms with Crippen molar-refractivity contribution < 1.29 is 44.6 Å². The van der Waals surface area contributed by atoms with Crippen LogP contribution in [-0.2, 0) is 19.1 Å². The van der Waals surface area contributed by atoms with Gasteiger partial charge in [-0.1, -0.05) is 12.1 Å². The zero-order chi connectivity index (χ0) is 19.9. The summed E-state index contributed by atoms with van der Waals surface area (Å²) in [6, 6.07) is 3.44. The van der Waals surface area contributed by atoms with E-state index in [1.165, 1.54) is 12.1 Å². The van der Waals surface area contributed by atoms with Gasteiger partial charge in [-0.25, -0.2) is 19.6 Å². The number of nitrogens with two attached hydrogens (primary N) is 1. The Bertz CT molecular complexity index is 692. The number of nitrogens with one attached hydrogen (secondary N) is 2. The van der Waals surface area contributed by atoms with Crippen LogP contribution < -0.4 is 16.3 Å². The Morgan fingerprint density at radius 1 is 1.19 bits per heavy atom. The summed E-state index contributed by atoms with van der Waals surface area (Å²) >= 11 is 0. The molecule has 0 spiro atoms. The SMILES string of the molecule is NC(=O)CC[C@@H](NC(=O)OC(C(=O)O)c1ccccc1[NH+]([O-])O)C(=O)O. The topological polar surface area (TPSA) is 204 Å². The predicted molar refractivity (Wildman–Crippen MR) is 82.1 cm³/mol. The van der Waals surface area contributed by atoms with E-state index < -0.39 is 47.0 Å². The highest BCUT2D eigenvalue weighted by Gasteiger charge is 2.31. The van der Waals surface area contributed by atoms with E-state index in [0.717, 1.165) is 12.1 Å². The molecule has 2 amide bonds. The molecule has 0 aliphatic carbocycles. The van der Waals surface area contributed by atoms with Crippen LogP contribution in [0.4, 0.5) is 10.5 Å². The quantitative estimate of drug-likeness (QED) is 0.284. The smallest absolute Gasteiger partial charge is 0.409 e. The molecule has 0 saturated carbocycles. The fraction of sp³-hybridized carbons (Fsp3) is 0.286. The Hall–Kier alpha value is -3.22. The molecule has 0 heterocycles. The largest absolute Gasteiger partial charge is 0.595 e. The van der Waals surface area contributed by atoms with Crippen molar-refractivity contribution in [2.45, 2.75) is 25.0 Å². The minimum atomic E-state index is -1.98. The van der Waals surface area contributed by atoms with E-state index in [-0.39, 0.29) is 18.4 Å². The van der Waals surface area contributed by atoms with Gasteiger partial charge < -0.3 is 31.2 Å². The molecule has 0 saturated heterocycles. The Morgan fingerprint density at radius 3 is 2.31 bits per heavy atom. The molecule has 26 heavy (non-hydrogen) atoms. The highest BCUT2D eigenvalue weighted by molar-refractivity contribution is 5.83. The molecule has 1 aromatic rings. The second-order valence-corrected chi connectivity index (χ2v) is 5.06. The Balaban J connectivity index is 2.94. The fourth-order valence-electron chi connectivity index (χ4n) is 1.99. The van der Waals surface area contributed by atoms with Crippen LogP contribution in [0.2, 0.25) is 0 Å². The van der Waals surface area contributed by atoms with Gasteiger partial charge in [0, 0.05) is 12.5 Å². The van der Waals surface area contributed by atoms with Crippen molar-refractivity contribution in [1.29, 1.82) is 0 Å². The minimum Gasteiger partial charge on any atom is -0.595 e. The lowest BCUT2D eigenvalue weighted by molar-refractivity contribution is -0.991. The van der Waals surface area contributed by atoms with Crippen LogP contribution >= 0.6 is 0 Å². The maximum atomic E-state index is 11.8. The summed E-state index contributed by atoms with van der Waals surface area (Å²) in [5.74, 6) is -3.93. The third-order valence-electron chi connectivity index (χ3n) is 3.19. The van der Waals surface area contributed by atoms with E-state index in [1.54, 1.807) is 0 Å². The standard InChI is InChI=1S/C14H17N3O9/c15-10(18)6-5-8(12(19)20)16-14(23)26-11(13(21)22)7-3-1-2-4-9(7)17(24)25/h1-4,8,11,17,24H,5-6H2,(H2,15,18)(H,16,23)(H,19,20)(H,21,22)/t8-,11?/m1/s1. The maximum absolute atomic E-state index is 11.8. The highest BCUT2D eigenvalue weighted by Crippen LogP contribution is 2.23. The zero-order valence-electron chi connectivity index (χ0n) is 13.2. The van der Waals surface area contributed by atoms with Crippen molar-refractivity contribution in [3.05, 3.63) is 35.0 Å². The number of amides is 2. The molecule has 1 rings (SSSR count). The van der Waals surface area contributed by atoms with Crippen LogP contribution in [0.3, 0.4) is 0 Å². The van der Waals surface area contributed by atoms with Gasteiger partial charge in [-0.05, 0) is 12.5 Å². The number of carboxylic acid groups (broad SMARTS) is 2. The zero-order valence-corrected chi connectivity index (χ0v) is 13.2. The highest BCUT2D eigenvalue weighted by atomic mass is 16.8. The number of carbonyl (C=O) groups is 4. The lowest BCUT2D eigenvalue weighted by Crippen LogP contribution is -2.99. The number of quaternary nitrogens is 1. The van der Waals surface area contributed by atoms with E-state index in [9.17, 15) is 29.5 Å². The molecule has 0 radical (unpaired) electrons. The maximum Gasteiger partial charge on any atom is 0.409 e. The molecule has 1 aromatic carbocycles. The summed E-state index contributed by atoms with van der Waals surface area (Å²) in [6.45, 7) is 0. The second kappa shape index (κ2) is 9.31.